The summed E-state index contributed by atoms with van der Waals surface area (Å²) in [5.74, 6) is 2.23. The molecule has 4 heteroatoms. The maximum Gasteiger partial charge on any atom is 0.142 e. The minimum Gasteiger partial charge on any atom is -0.485 e. The summed E-state index contributed by atoms with van der Waals surface area (Å²) in [6.07, 6.45) is 0.257. The Labute approximate surface area is 119 Å². The topological polar surface area (TPSA) is 24.5 Å². The normalized spacial score (nSPS) is 31.2. The molecule has 1 saturated heterocycles. The van der Waals surface area contributed by atoms with Crippen LogP contribution in [0.25, 0.3) is 0 Å². The van der Waals surface area contributed by atoms with Crippen LogP contribution in [0.2, 0.25) is 0 Å². The molecule has 1 aromatic carbocycles. The molecule has 3 nitrogen and oxygen atoms in total. The molecule has 0 aliphatic carbocycles. The van der Waals surface area contributed by atoms with E-state index in [9.17, 15) is 0 Å². The minimum absolute atomic E-state index is 0.257. The molecule has 0 saturated carbocycles. The minimum atomic E-state index is 0.257. The Morgan fingerprint density at radius 2 is 2.21 bits per heavy atom. The first-order chi connectivity index (χ1) is 9.24. The van der Waals surface area contributed by atoms with Crippen LogP contribution in [0.15, 0.2) is 24.3 Å². The monoisotopic (exact) mass is 278 g/mol. The van der Waals surface area contributed by atoms with Crippen LogP contribution in [-0.4, -0.2) is 47.7 Å². The first kappa shape index (κ1) is 13.1. The molecule has 1 fully saturated rings. The van der Waals surface area contributed by atoms with Gasteiger partial charge in [0.1, 0.15) is 11.9 Å². The first-order valence-corrected chi connectivity index (χ1v) is 8.14. The second kappa shape index (κ2) is 5.63. The lowest BCUT2D eigenvalue weighted by atomic mass is 10.1. The number of anilines is 1. The molecule has 104 valence electrons. The van der Waals surface area contributed by atoms with E-state index in [2.05, 4.69) is 41.9 Å². The van der Waals surface area contributed by atoms with Gasteiger partial charge < -0.3 is 10.1 Å². The number of benzene rings is 1. The number of para-hydroxylation sites is 2. The first-order valence-electron chi connectivity index (χ1n) is 7.09. The molecule has 2 aliphatic heterocycles. The van der Waals surface area contributed by atoms with Crippen molar-refractivity contribution in [1.82, 2.24) is 4.90 Å². The van der Waals surface area contributed by atoms with Gasteiger partial charge in [0.05, 0.1) is 12.2 Å². The maximum atomic E-state index is 6.11. The number of rotatable bonds is 2. The lowest BCUT2D eigenvalue weighted by molar-refractivity contribution is 0.113. The molecule has 3 rings (SSSR count). The van der Waals surface area contributed by atoms with Crippen molar-refractivity contribution in [3.63, 3.8) is 0 Å². The summed E-state index contributed by atoms with van der Waals surface area (Å²) in [4.78, 5) is 2.57. The fourth-order valence-corrected chi connectivity index (χ4v) is 3.94. The molecule has 0 radical (unpaired) electrons. The van der Waals surface area contributed by atoms with Crippen LogP contribution in [0.3, 0.4) is 0 Å². The van der Waals surface area contributed by atoms with Crippen LogP contribution in [-0.2, 0) is 0 Å². The standard InChI is InChI=1S/C15H22N2OS/c1-11-12(2)19-8-7-17(11)10-13-9-16-14-5-3-4-6-15(14)18-13/h3-6,11-13,16H,7-10H2,1-2H3. The van der Waals surface area contributed by atoms with Crippen molar-refractivity contribution in [3.8, 4) is 5.75 Å². The van der Waals surface area contributed by atoms with Gasteiger partial charge in [-0.2, -0.15) is 11.8 Å². The van der Waals surface area contributed by atoms with E-state index in [1.54, 1.807) is 0 Å². The van der Waals surface area contributed by atoms with Gasteiger partial charge in [-0.3, -0.25) is 4.90 Å². The number of hydrogen-bond acceptors (Lipinski definition) is 4. The van der Waals surface area contributed by atoms with E-state index < -0.39 is 0 Å². The summed E-state index contributed by atoms with van der Waals surface area (Å²) in [5, 5.41) is 4.19. The van der Waals surface area contributed by atoms with Crippen molar-refractivity contribution in [1.29, 1.82) is 0 Å². The number of thioether (sulfide) groups is 1. The molecule has 0 aromatic heterocycles. The molecule has 0 bridgehead atoms. The van der Waals surface area contributed by atoms with Crippen molar-refractivity contribution < 1.29 is 4.74 Å². The van der Waals surface area contributed by atoms with E-state index >= 15 is 0 Å². The van der Waals surface area contributed by atoms with E-state index in [0.717, 1.165) is 29.8 Å². The highest BCUT2D eigenvalue weighted by Crippen LogP contribution is 2.30. The molecule has 19 heavy (non-hydrogen) atoms. The zero-order chi connectivity index (χ0) is 13.2. The van der Waals surface area contributed by atoms with Gasteiger partial charge in [-0.25, -0.2) is 0 Å². The number of fused-ring (bicyclic) bond motifs is 1. The van der Waals surface area contributed by atoms with E-state index in [0.29, 0.717) is 6.04 Å². The number of ether oxygens (including phenoxy) is 1. The van der Waals surface area contributed by atoms with Crippen molar-refractivity contribution in [2.75, 3.05) is 30.7 Å². The Morgan fingerprint density at radius 1 is 1.37 bits per heavy atom. The smallest absolute Gasteiger partial charge is 0.142 e. The Hall–Kier alpha value is -0.870. The average molecular weight is 278 g/mol. The molecule has 3 unspecified atom stereocenters. The average Bonchev–Trinajstić information content (AvgIpc) is 2.44. The van der Waals surface area contributed by atoms with E-state index in [-0.39, 0.29) is 6.10 Å². The third-order valence-corrected chi connectivity index (χ3v) is 5.49. The Bertz CT molecular complexity index is 440. The van der Waals surface area contributed by atoms with Gasteiger partial charge in [-0.15, -0.1) is 0 Å². The molecule has 2 aliphatic rings. The highest BCUT2D eigenvalue weighted by atomic mass is 32.2. The van der Waals surface area contributed by atoms with Crippen molar-refractivity contribution in [3.05, 3.63) is 24.3 Å². The van der Waals surface area contributed by atoms with Gasteiger partial charge in [0.25, 0.3) is 0 Å². The third kappa shape index (κ3) is 2.84. The second-order valence-electron chi connectivity index (χ2n) is 5.43. The van der Waals surface area contributed by atoms with Gasteiger partial charge in [0.15, 0.2) is 0 Å². The molecule has 3 atom stereocenters. The molecule has 1 N–H and O–H groups in total. The predicted molar refractivity (Wildman–Crippen MR) is 82.3 cm³/mol. The van der Waals surface area contributed by atoms with Crippen LogP contribution in [0.4, 0.5) is 5.69 Å². The summed E-state index contributed by atoms with van der Waals surface area (Å²) in [7, 11) is 0. The van der Waals surface area contributed by atoms with Crippen LogP contribution >= 0.6 is 11.8 Å². The predicted octanol–water partition coefficient (Wildman–Crippen LogP) is 2.69. The van der Waals surface area contributed by atoms with Crippen LogP contribution in [0.5, 0.6) is 5.75 Å². The molecule has 0 spiro atoms. The fourth-order valence-electron chi connectivity index (χ4n) is 2.78. The van der Waals surface area contributed by atoms with Crippen molar-refractivity contribution >= 4 is 17.4 Å². The number of nitrogens with one attached hydrogen (secondary N) is 1. The van der Waals surface area contributed by atoms with Gasteiger partial charge in [-0.05, 0) is 19.1 Å². The summed E-state index contributed by atoms with van der Waals surface area (Å²) in [5.41, 5.74) is 1.12. The maximum absolute atomic E-state index is 6.11. The lowest BCUT2D eigenvalue weighted by Gasteiger charge is -2.40. The van der Waals surface area contributed by atoms with Gasteiger partial charge >= 0.3 is 0 Å². The summed E-state index contributed by atoms with van der Waals surface area (Å²) in [6, 6.07) is 8.84. The Balaban J connectivity index is 1.63. The van der Waals surface area contributed by atoms with Gasteiger partial charge in [-0.1, -0.05) is 19.1 Å². The third-order valence-electron chi connectivity index (χ3n) is 4.15. The van der Waals surface area contributed by atoms with Crippen molar-refractivity contribution in [2.24, 2.45) is 0 Å². The highest BCUT2D eigenvalue weighted by Gasteiger charge is 2.29. The van der Waals surface area contributed by atoms with E-state index in [1.807, 2.05) is 18.2 Å². The largest absolute Gasteiger partial charge is 0.485 e. The summed E-state index contributed by atoms with van der Waals surface area (Å²) in [6.45, 7) is 7.77. The van der Waals surface area contributed by atoms with E-state index in [1.165, 1.54) is 12.3 Å². The Kier molecular flexibility index (Phi) is 3.89. The van der Waals surface area contributed by atoms with Crippen LogP contribution in [0.1, 0.15) is 13.8 Å². The SMILES string of the molecule is CC1SCCN(CC2CNc3ccccc3O2)C1C. The van der Waals surface area contributed by atoms with Crippen molar-refractivity contribution in [2.45, 2.75) is 31.2 Å². The molecule has 0 amide bonds. The number of nitrogens with zero attached hydrogens (tertiary/aromatic N) is 1. The summed E-state index contributed by atoms with van der Waals surface area (Å²) >= 11 is 2.08. The summed E-state index contributed by atoms with van der Waals surface area (Å²) < 4.78 is 6.11. The fraction of sp³-hybridized carbons (Fsp3) is 0.600. The zero-order valence-corrected chi connectivity index (χ0v) is 12.5. The van der Waals surface area contributed by atoms with Crippen LogP contribution in [0, 0.1) is 0 Å². The number of hydrogen-bond donors (Lipinski definition) is 1. The molecule has 1 aromatic rings. The quantitative estimate of drug-likeness (QED) is 0.899. The highest BCUT2D eigenvalue weighted by molar-refractivity contribution is 8.00. The lowest BCUT2D eigenvalue weighted by Crippen LogP contribution is -2.50. The second-order valence-corrected chi connectivity index (χ2v) is 6.91. The van der Waals surface area contributed by atoms with E-state index in [4.69, 9.17) is 4.74 Å². The Morgan fingerprint density at radius 3 is 3.11 bits per heavy atom. The van der Waals surface area contributed by atoms with Gasteiger partial charge in [0.2, 0.25) is 0 Å². The van der Waals surface area contributed by atoms with Gasteiger partial charge in [0, 0.05) is 30.1 Å². The molecule has 2 heterocycles. The molecular weight excluding hydrogens is 256 g/mol. The van der Waals surface area contributed by atoms with Crippen LogP contribution < -0.4 is 10.1 Å². The molecular formula is C15H22N2OS. The zero-order valence-electron chi connectivity index (χ0n) is 11.6.